The molecule has 0 aliphatic carbocycles. The second-order valence-corrected chi connectivity index (χ2v) is 4.76. The SMILES string of the molecule is C[C@@H](Sc1ccc([N+](=O)[O-])cc1Cl)C(=O)O. The second-order valence-electron chi connectivity index (χ2n) is 2.97. The number of halogens is 1. The molecule has 0 spiro atoms. The van der Waals surface area contributed by atoms with Gasteiger partial charge in [-0.2, -0.15) is 0 Å². The lowest BCUT2D eigenvalue weighted by atomic mass is 10.3. The average Bonchev–Trinajstić information content (AvgIpc) is 2.20. The standard InChI is InChI=1S/C9H8ClNO4S/c1-5(9(12)13)16-8-3-2-6(11(14)15)4-7(8)10/h2-5H,1H3,(H,12,13)/t5-/m1/s1. The zero-order chi connectivity index (χ0) is 12.3. The van der Waals surface area contributed by atoms with E-state index in [0.717, 1.165) is 11.8 Å². The van der Waals surface area contributed by atoms with Crippen LogP contribution in [0.4, 0.5) is 5.69 Å². The van der Waals surface area contributed by atoms with E-state index >= 15 is 0 Å². The predicted molar refractivity (Wildman–Crippen MR) is 61.1 cm³/mol. The van der Waals surface area contributed by atoms with E-state index in [-0.39, 0.29) is 10.7 Å². The molecule has 0 aromatic heterocycles. The average molecular weight is 262 g/mol. The first-order chi connectivity index (χ1) is 7.41. The summed E-state index contributed by atoms with van der Waals surface area (Å²) in [6, 6.07) is 3.95. The van der Waals surface area contributed by atoms with Crippen molar-refractivity contribution in [2.75, 3.05) is 0 Å². The molecule has 0 unspecified atom stereocenters. The number of benzene rings is 1. The van der Waals surface area contributed by atoms with Gasteiger partial charge < -0.3 is 5.11 Å². The van der Waals surface area contributed by atoms with E-state index < -0.39 is 16.1 Å². The van der Waals surface area contributed by atoms with E-state index in [4.69, 9.17) is 16.7 Å². The smallest absolute Gasteiger partial charge is 0.316 e. The molecule has 0 saturated heterocycles. The van der Waals surface area contributed by atoms with E-state index in [1.165, 1.54) is 25.1 Å². The predicted octanol–water partition coefficient (Wildman–Crippen LogP) is 2.81. The van der Waals surface area contributed by atoms with E-state index in [1.807, 2.05) is 0 Å². The molecule has 7 heteroatoms. The lowest BCUT2D eigenvalue weighted by molar-refractivity contribution is -0.384. The molecular weight excluding hydrogens is 254 g/mol. The van der Waals surface area contributed by atoms with Crippen LogP contribution < -0.4 is 0 Å². The van der Waals surface area contributed by atoms with E-state index in [1.54, 1.807) is 0 Å². The van der Waals surface area contributed by atoms with Gasteiger partial charge in [0.25, 0.3) is 5.69 Å². The summed E-state index contributed by atoms with van der Waals surface area (Å²) in [5.74, 6) is -0.959. The van der Waals surface area contributed by atoms with Gasteiger partial charge in [-0.1, -0.05) is 11.6 Å². The van der Waals surface area contributed by atoms with Crippen LogP contribution >= 0.6 is 23.4 Å². The Kier molecular flexibility index (Phi) is 4.14. The molecule has 1 atom stereocenters. The van der Waals surface area contributed by atoms with Crippen molar-refractivity contribution in [2.45, 2.75) is 17.1 Å². The van der Waals surface area contributed by atoms with Gasteiger partial charge >= 0.3 is 5.97 Å². The fraction of sp³-hybridized carbons (Fsp3) is 0.222. The number of nitrogens with zero attached hydrogens (tertiary/aromatic N) is 1. The van der Waals surface area contributed by atoms with Gasteiger partial charge in [-0.05, 0) is 13.0 Å². The molecule has 0 saturated carbocycles. The van der Waals surface area contributed by atoms with Crippen molar-refractivity contribution in [2.24, 2.45) is 0 Å². The van der Waals surface area contributed by atoms with Gasteiger partial charge in [-0.15, -0.1) is 11.8 Å². The minimum atomic E-state index is -0.959. The number of aliphatic carboxylic acids is 1. The summed E-state index contributed by atoms with van der Waals surface area (Å²) in [5.41, 5.74) is -0.114. The van der Waals surface area contributed by atoms with Gasteiger partial charge in [-0.3, -0.25) is 14.9 Å². The molecule has 1 aromatic rings. The number of carboxylic acid groups (broad SMARTS) is 1. The Balaban J connectivity index is 2.91. The van der Waals surface area contributed by atoms with Gasteiger partial charge in [0.15, 0.2) is 0 Å². The summed E-state index contributed by atoms with van der Waals surface area (Å²) in [5, 5.41) is 18.7. The third-order valence-corrected chi connectivity index (χ3v) is 3.37. The first-order valence-corrected chi connectivity index (χ1v) is 5.51. The summed E-state index contributed by atoms with van der Waals surface area (Å²) in [4.78, 5) is 21.0. The molecule has 0 aliphatic rings. The summed E-state index contributed by atoms with van der Waals surface area (Å²) in [7, 11) is 0. The fourth-order valence-electron chi connectivity index (χ4n) is 0.940. The third-order valence-electron chi connectivity index (χ3n) is 1.78. The van der Waals surface area contributed by atoms with Crippen molar-refractivity contribution in [3.8, 4) is 0 Å². The lowest BCUT2D eigenvalue weighted by Gasteiger charge is -2.07. The number of nitro benzene ring substituents is 1. The lowest BCUT2D eigenvalue weighted by Crippen LogP contribution is -2.11. The molecule has 0 heterocycles. The highest BCUT2D eigenvalue weighted by atomic mass is 35.5. The van der Waals surface area contributed by atoms with Crippen LogP contribution in [-0.4, -0.2) is 21.2 Å². The Morgan fingerprint density at radius 1 is 1.62 bits per heavy atom. The van der Waals surface area contributed by atoms with E-state index in [9.17, 15) is 14.9 Å². The number of hydrogen-bond acceptors (Lipinski definition) is 4. The Hall–Kier alpha value is -1.27. The molecule has 0 bridgehead atoms. The zero-order valence-corrected chi connectivity index (χ0v) is 9.79. The minimum absolute atomic E-state index is 0.114. The van der Waals surface area contributed by atoms with Crippen LogP contribution in [0.2, 0.25) is 5.02 Å². The van der Waals surface area contributed by atoms with Crippen molar-refractivity contribution in [3.05, 3.63) is 33.3 Å². The van der Waals surface area contributed by atoms with Gasteiger partial charge in [-0.25, -0.2) is 0 Å². The van der Waals surface area contributed by atoms with Gasteiger partial charge in [0.05, 0.1) is 9.95 Å². The number of thioether (sulfide) groups is 1. The van der Waals surface area contributed by atoms with Crippen molar-refractivity contribution in [3.63, 3.8) is 0 Å². The van der Waals surface area contributed by atoms with Crippen LogP contribution in [0.1, 0.15) is 6.92 Å². The quantitative estimate of drug-likeness (QED) is 0.512. The molecule has 16 heavy (non-hydrogen) atoms. The van der Waals surface area contributed by atoms with Crippen molar-refractivity contribution in [1.29, 1.82) is 0 Å². The van der Waals surface area contributed by atoms with Gasteiger partial charge in [0.1, 0.15) is 5.25 Å². The van der Waals surface area contributed by atoms with E-state index in [0.29, 0.717) is 4.90 Å². The van der Waals surface area contributed by atoms with Crippen molar-refractivity contribution in [1.82, 2.24) is 0 Å². The molecule has 1 rings (SSSR count). The molecule has 1 aromatic carbocycles. The fourth-order valence-corrected chi connectivity index (χ4v) is 2.05. The number of hydrogen-bond donors (Lipinski definition) is 1. The maximum atomic E-state index is 10.6. The molecule has 0 radical (unpaired) electrons. The topological polar surface area (TPSA) is 80.4 Å². The van der Waals surface area contributed by atoms with Crippen LogP contribution in [0, 0.1) is 10.1 Å². The van der Waals surface area contributed by atoms with Crippen LogP contribution in [0.25, 0.3) is 0 Å². The second kappa shape index (κ2) is 5.18. The minimum Gasteiger partial charge on any atom is -0.480 e. The first-order valence-electron chi connectivity index (χ1n) is 4.25. The summed E-state index contributed by atoms with van der Waals surface area (Å²) in [6.45, 7) is 1.52. The number of carbonyl (C=O) groups is 1. The van der Waals surface area contributed by atoms with Crippen LogP contribution in [0.5, 0.6) is 0 Å². The Morgan fingerprint density at radius 3 is 2.69 bits per heavy atom. The zero-order valence-electron chi connectivity index (χ0n) is 8.21. The summed E-state index contributed by atoms with van der Waals surface area (Å²) >= 11 is 6.85. The Morgan fingerprint density at radius 2 is 2.25 bits per heavy atom. The van der Waals surface area contributed by atoms with Crippen LogP contribution in [-0.2, 0) is 4.79 Å². The largest absolute Gasteiger partial charge is 0.480 e. The highest BCUT2D eigenvalue weighted by molar-refractivity contribution is 8.00. The van der Waals surface area contributed by atoms with Crippen LogP contribution in [0.15, 0.2) is 23.1 Å². The van der Waals surface area contributed by atoms with Crippen LogP contribution in [0.3, 0.4) is 0 Å². The molecular formula is C9H8ClNO4S. The Labute approximate surface area is 101 Å². The highest BCUT2D eigenvalue weighted by Gasteiger charge is 2.16. The van der Waals surface area contributed by atoms with Gasteiger partial charge in [0.2, 0.25) is 0 Å². The number of rotatable bonds is 4. The maximum Gasteiger partial charge on any atom is 0.316 e. The molecule has 0 amide bonds. The third kappa shape index (κ3) is 3.11. The number of nitro groups is 1. The summed E-state index contributed by atoms with van der Waals surface area (Å²) in [6.07, 6.45) is 0. The highest BCUT2D eigenvalue weighted by Crippen LogP contribution is 2.32. The number of carboxylic acids is 1. The monoisotopic (exact) mass is 261 g/mol. The maximum absolute atomic E-state index is 10.6. The molecule has 86 valence electrons. The van der Waals surface area contributed by atoms with Crippen molar-refractivity contribution < 1.29 is 14.8 Å². The molecule has 1 N–H and O–H groups in total. The number of non-ortho nitro benzene ring substituents is 1. The normalized spacial score (nSPS) is 12.1. The first kappa shape index (κ1) is 12.8. The molecule has 5 nitrogen and oxygen atoms in total. The Bertz CT molecular complexity index is 438. The van der Waals surface area contributed by atoms with E-state index in [2.05, 4.69) is 0 Å². The van der Waals surface area contributed by atoms with Crippen molar-refractivity contribution >= 4 is 35.0 Å². The van der Waals surface area contributed by atoms with Gasteiger partial charge in [0, 0.05) is 17.0 Å². The molecule has 0 fully saturated rings. The molecule has 0 aliphatic heterocycles. The summed E-state index contributed by atoms with van der Waals surface area (Å²) < 4.78 is 0.